The largest absolute Gasteiger partial charge is 0.497 e. The highest BCUT2D eigenvalue weighted by Crippen LogP contribution is 2.29. The van der Waals surface area contributed by atoms with Gasteiger partial charge in [-0.1, -0.05) is 56.6 Å². The van der Waals surface area contributed by atoms with E-state index in [0.717, 1.165) is 17.0 Å². The third-order valence-electron chi connectivity index (χ3n) is 5.60. The second-order valence-electron chi connectivity index (χ2n) is 9.72. The molecule has 0 aliphatic carbocycles. The number of aromatic nitrogens is 2. The van der Waals surface area contributed by atoms with Gasteiger partial charge in [0.15, 0.2) is 0 Å². The topological polar surface area (TPSA) is 76.5 Å². The van der Waals surface area contributed by atoms with Gasteiger partial charge in [0, 0.05) is 17.5 Å². The predicted molar refractivity (Wildman–Crippen MR) is 139 cm³/mol. The Morgan fingerprint density at radius 3 is 2.34 bits per heavy atom. The lowest BCUT2D eigenvalue weighted by atomic mass is 9.92. The molecule has 0 fully saturated rings. The molecule has 35 heavy (non-hydrogen) atoms. The molecule has 0 radical (unpaired) electrons. The number of nitrogens with zero attached hydrogens (tertiary/aromatic N) is 3. The molecule has 0 saturated heterocycles. The second-order valence-corrected chi connectivity index (χ2v) is 10.1. The second kappa shape index (κ2) is 11.0. The van der Waals surface area contributed by atoms with Gasteiger partial charge in [-0.3, -0.25) is 9.59 Å². The lowest BCUT2D eigenvalue weighted by molar-refractivity contribution is -0.135. The van der Waals surface area contributed by atoms with Crippen molar-refractivity contribution in [1.82, 2.24) is 14.7 Å². The highest BCUT2D eigenvalue weighted by molar-refractivity contribution is 6.32. The number of halogens is 1. The van der Waals surface area contributed by atoms with Crippen LogP contribution in [0, 0.1) is 0 Å². The summed E-state index contributed by atoms with van der Waals surface area (Å²) in [5, 5.41) is 8.17. The van der Waals surface area contributed by atoms with Gasteiger partial charge in [0.25, 0.3) is 0 Å². The molecule has 2 aromatic carbocycles. The first-order chi connectivity index (χ1) is 16.5. The number of ether oxygens (including phenoxy) is 1. The number of nitrogens with one attached hydrogen (secondary N) is 1. The van der Waals surface area contributed by atoms with Crippen molar-refractivity contribution in [3.63, 3.8) is 0 Å². The number of benzene rings is 2. The minimum atomic E-state index is -0.310. The molecule has 1 heterocycles. The number of carbonyl (C=O) groups is 2. The van der Waals surface area contributed by atoms with E-state index in [9.17, 15) is 9.59 Å². The molecule has 3 rings (SSSR count). The van der Waals surface area contributed by atoms with Crippen molar-refractivity contribution in [3.05, 3.63) is 70.9 Å². The number of para-hydroxylation sites is 1. The lowest BCUT2D eigenvalue weighted by Gasteiger charge is -2.26. The first-order valence-corrected chi connectivity index (χ1v) is 11.9. The zero-order chi connectivity index (χ0) is 25.8. The van der Waals surface area contributed by atoms with Crippen LogP contribution in [0.2, 0.25) is 5.02 Å². The molecule has 7 nitrogen and oxygen atoms in total. The van der Waals surface area contributed by atoms with Gasteiger partial charge in [-0.25, -0.2) is 4.68 Å². The number of hydrogen-bond donors (Lipinski definition) is 1. The Morgan fingerprint density at radius 1 is 1.11 bits per heavy atom. The van der Waals surface area contributed by atoms with Crippen LogP contribution in [0.15, 0.2) is 54.6 Å². The average molecular weight is 497 g/mol. The SMILES string of the molecule is COc1ccc(CC(=O)N(CC(=O)Nc2cc(C(C)(C)C)nn2-c2ccccc2Cl)C(C)C)cc1. The first-order valence-electron chi connectivity index (χ1n) is 11.6. The Hall–Kier alpha value is -3.32. The van der Waals surface area contributed by atoms with E-state index in [1.165, 1.54) is 0 Å². The standard InChI is InChI=1S/C27H33ClN4O3/c1-18(2)31(26(34)15-19-11-13-20(35-6)14-12-19)17-25(33)29-24-16-23(27(3,4)5)30-32(24)22-10-8-7-9-21(22)28/h7-14,16,18H,15,17H2,1-6H3,(H,29,33). The van der Waals surface area contributed by atoms with E-state index in [1.54, 1.807) is 22.8 Å². The molecule has 0 atom stereocenters. The van der Waals surface area contributed by atoms with Crippen LogP contribution in [-0.4, -0.2) is 46.2 Å². The fourth-order valence-electron chi connectivity index (χ4n) is 3.56. The predicted octanol–water partition coefficient (Wildman–Crippen LogP) is 5.25. The van der Waals surface area contributed by atoms with Crippen LogP contribution < -0.4 is 10.1 Å². The van der Waals surface area contributed by atoms with Crippen molar-refractivity contribution in [1.29, 1.82) is 0 Å². The summed E-state index contributed by atoms with van der Waals surface area (Å²) in [6, 6.07) is 16.4. The van der Waals surface area contributed by atoms with Crippen LogP contribution in [0.25, 0.3) is 5.69 Å². The summed E-state index contributed by atoms with van der Waals surface area (Å²) in [5.74, 6) is 0.788. The lowest BCUT2D eigenvalue weighted by Crippen LogP contribution is -2.43. The van der Waals surface area contributed by atoms with Gasteiger partial charge in [0.05, 0.1) is 29.9 Å². The quantitative estimate of drug-likeness (QED) is 0.462. The van der Waals surface area contributed by atoms with E-state index in [1.807, 2.05) is 62.4 Å². The molecule has 0 aliphatic rings. The molecule has 0 aliphatic heterocycles. The fourth-order valence-corrected chi connectivity index (χ4v) is 3.77. The Morgan fingerprint density at radius 2 is 1.77 bits per heavy atom. The summed E-state index contributed by atoms with van der Waals surface area (Å²) >= 11 is 6.42. The van der Waals surface area contributed by atoms with Crippen LogP contribution in [0.5, 0.6) is 5.75 Å². The third-order valence-corrected chi connectivity index (χ3v) is 5.92. The molecular weight excluding hydrogens is 464 g/mol. The Bertz CT molecular complexity index is 1180. The monoisotopic (exact) mass is 496 g/mol. The molecule has 2 amide bonds. The number of rotatable bonds is 8. The van der Waals surface area contributed by atoms with Crippen LogP contribution in [-0.2, 0) is 21.4 Å². The maximum atomic E-state index is 13.1. The van der Waals surface area contributed by atoms with Crippen molar-refractivity contribution in [2.45, 2.75) is 52.5 Å². The summed E-state index contributed by atoms with van der Waals surface area (Å²) in [4.78, 5) is 27.7. The van der Waals surface area contributed by atoms with Gasteiger partial charge in [-0.05, 0) is 43.7 Å². The summed E-state index contributed by atoms with van der Waals surface area (Å²) in [7, 11) is 1.60. The van der Waals surface area contributed by atoms with E-state index < -0.39 is 0 Å². The van der Waals surface area contributed by atoms with Gasteiger partial charge in [-0.2, -0.15) is 5.10 Å². The zero-order valence-corrected chi connectivity index (χ0v) is 21.9. The normalized spacial score (nSPS) is 11.4. The van der Waals surface area contributed by atoms with E-state index >= 15 is 0 Å². The van der Waals surface area contributed by atoms with Crippen molar-refractivity contribution in [2.75, 3.05) is 19.0 Å². The van der Waals surface area contributed by atoms with E-state index in [-0.39, 0.29) is 36.2 Å². The van der Waals surface area contributed by atoms with E-state index in [4.69, 9.17) is 21.4 Å². The van der Waals surface area contributed by atoms with Crippen molar-refractivity contribution in [2.24, 2.45) is 0 Å². The smallest absolute Gasteiger partial charge is 0.245 e. The molecule has 186 valence electrons. The van der Waals surface area contributed by atoms with E-state index in [0.29, 0.717) is 16.5 Å². The summed E-state index contributed by atoms with van der Waals surface area (Å²) in [5.41, 5.74) is 2.10. The first kappa shape index (κ1) is 26.3. The van der Waals surface area contributed by atoms with Crippen molar-refractivity contribution in [3.8, 4) is 11.4 Å². The van der Waals surface area contributed by atoms with Gasteiger partial charge < -0.3 is 15.0 Å². The number of carbonyl (C=O) groups excluding carboxylic acids is 2. The number of amides is 2. The van der Waals surface area contributed by atoms with Gasteiger partial charge in [0.2, 0.25) is 11.8 Å². The molecule has 0 unspecified atom stereocenters. The minimum absolute atomic E-state index is 0.0782. The van der Waals surface area contributed by atoms with E-state index in [2.05, 4.69) is 26.1 Å². The van der Waals surface area contributed by atoms with Crippen LogP contribution in [0.1, 0.15) is 45.9 Å². The molecular formula is C27H33ClN4O3. The highest BCUT2D eigenvalue weighted by Gasteiger charge is 2.24. The van der Waals surface area contributed by atoms with Crippen LogP contribution >= 0.6 is 11.6 Å². The summed E-state index contributed by atoms with van der Waals surface area (Å²) in [6.07, 6.45) is 0.196. The van der Waals surface area contributed by atoms with Crippen molar-refractivity contribution >= 4 is 29.2 Å². The molecule has 0 bridgehead atoms. The Balaban J connectivity index is 1.80. The molecule has 1 N–H and O–H groups in total. The molecule has 3 aromatic rings. The summed E-state index contributed by atoms with van der Waals surface area (Å²) in [6.45, 7) is 9.86. The van der Waals surface area contributed by atoms with Crippen LogP contribution in [0.3, 0.4) is 0 Å². The van der Waals surface area contributed by atoms with Gasteiger partial charge in [0.1, 0.15) is 18.1 Å². The molecule has 1 aromatic heterocycles. The highest BCUT2D eigenvalue weighted by atomic mass is 35.5. The number of hydrogen-bond acceptors (Lipinski definition) is 4. The van der Waals surface area contributed by atoms with Gasteiger partial charge in [-0.15, -0.1) is 0 Å². The minimum Gasteiger partial charge on any atom is -0.497 e. The van der Waals surface area contributed by atoms with Gasteiger partial charge >= 0.3 is 0 Å². The molecule has 8 heteroatoms. The molecule has 0 saturated carbocycles. The zero-order valence-electron chi connectivity index (χ0n) is 21.1. The average Bonchev–Trinajstić information content (AvgIpc) is 3.22. The maximum Gasteiger partial charge on any atom is 0.245 e. The fraction of sp³-hybridized carbons (Fsp3) is 0.370. The number of methoxy groups -OCH3 is 1. The Kier molecular flexibility index (Phi) is 8.22. The Labute approximate surface area is 212 Å². The maximum absolute atomic E-state index is 13.1. The van der Waals surface area contributed by atoms with Crippen molar-refractivity contribution < 1.29 is 14.3 Å². The molecule has 0 spiro atoms. The number of anilines is 1. The third kappa shape index (κ3) is 6.63. The summed E-state index contributed by atoms with van der Waals surface area (Å²) < 4.78 is 6.82. The van der Waals surface area contributed by atoms with Crippen LogP contribution in [0.4, 0.5) is 5.82 Å².